The maximum atomic E-state index is 6.00. The number of hydrogen-bond donors (Lipinski definition) is 0. The molecular weight excluding hydrogens is 408 g/mol. The predicted octanol–water partition coefficient (Wildman–Crippen LogP) is 5.62. The zero-order valence-corrected chi connectivity index (χ0v) is 16.2. The largest absolute Gasteiger partial charge is 0.370 e. The second-order valence-corrected chi connectivity index (χ2v) is 7.69. The number of fused-ring (bicyclic) bond motifs is 3. The molecule has 0 amide bonds. The summed E-state index contributed by atoms with van der Waals surface area (Å²) in [5.74, 6) is 0. The topological polar surface area (TPSA) is 18.5 Å². The molecular formula is C18H18Br2O2. The van der Waals surface area contributed by atoms with Gasteiger partial charge in [0.1, 0.15) is 11.2 Å². The van der Waals surface area contributed by atoms with Crippen LogP contribution in [0.2, 0.25) is 0 Å². The normalized spacial score (nSPS) is 26.5. The van der Waals surface area contributed by atoms with E-state index < -0.39 is 11.2 Å². The molecule has 0 N–H and O–H groups in total. The fourth-order valence-electron chi connectivity index (χ4n) is 3.42. The van der Waals surface area contributed by atoms with Crippen LogP contribution in [-0.4, -0.2) is 14.2 Å². The molecule has 0 bridgehead atoms. The first-order valence-electron chi connectivity index (χ1n) is 7.08. The van der Waals surface area contributed by atoms with Crippen LogP contribution in [0.4, 0.5) is 0 Å². The number of methoxy groups -OCH3 is 2. The maximum absolute atomic E-state index is 6.00. The number of hydrogen-bond acceptors (Lipinski definition) is 2. The van der Waals surface area contributed by atoms with E-state index in [-0.39, 0.29) is 0 Å². The van der Waals surface area contributed by atoms with Crippen LogP contribution in [0, 0.1) is 0 Å². The quantitative estimate of drug-likeness (QED) is 0.621. The predicted molar refractivity (Wildman–Crippen MR) is 96.0 cm³/mol. The van der Waals surface area contributed by atoms with E-state index in [1.807, 2.05) is 0 Å². The van der Waals surface area contributed by atoms with Gasteiger partial charge in [-0.25, -0.2) is 0 Å². The van der Waals surface area contributed by atoms with Gasteiger partial charge in [-0.15, -0.1) is 0 Å². The fraction of sp³-hybridized carbons (Fsp3) is 0.333. The van der Waals surface area contributed by atoms with Gasteiger partial charge in [-0.3, -0.25) is 0 Å². The highest BCUT2D eigenvalue weighted by atomic mass is 79.9. The van der Waals surface area contributed by atoms with Crippen molar-refractivity contribution in [2.45, 2.75) is 25.0 Å². The summed E-state index contributed by atoms with van der Waals surface area (Å²) in [6, 6.07) is 12.7. The van der Waals surface area contributed by atoms with Crippen molar-refractivity contribution in [3.8, 4) is 11.1 Å². The van der Waals surface area contributed by atoms with Crippen molar-refractivity contribution in [3.05, 3.63) is 56.5 Å². The smallest absolute Gasteiger partial charge is 0.123 e. The first-order valence-corrected chi connectivity index (χ1v) is 8.66. The lowest BCUT2D eigenvalue weighted by Gasteiger charge is -2.49. The first-order chi connectivity index (χ1) is 10.4. The van der Waals surface area contributed by atoms with Crippen LogP contribution in [0.1, 0.15) is 25.0 Å². The SMILES string of the molecule is COC1(C)c2cc(Br)ccc2-c2ccc(Br)cc2C1(C)OC. The number of rotatable bonds is 2. The van der Waals surface area contributed by atoms with Crippen LogP contribution in [0.25, 0.3) is 11.1 Å². The number of benzene rings is 2. The average Bonchev–Trinajstić information content (AvgIpc) is 2.52. The van der Waals surface area contributed by atoms with Crippen molar-refractivity contribution in [1.82, 2.24) is 0 Å². The molecule has 0 fully saturated rings. The molecule has 0 aromatic heterocycles. The second kappa shape index (κ2) is 5.45. The van der Waals surface area contributed by atoms with Crippen LogP contribution < -0.4 is 0 Å². The Kier molecular flexibility index (Phi) is 4.01. The van der Waals surface area contributed by atoms with Gasteiger partial charge in [0.15, 0.2) is 0 Å². The monoisotopic (exact) mass is 424 g/mol. The molecule has 2 atom stereocenters. The molecule has 2 aromatic rings. The van der Waals surface area contributed by atoms with Gasteiger partial charge in [0.05, 0.1) is 0 Å². The van der Waals surface area contributed by atoms with Gasteiger partial charge in [-0.05, 0) is 60.4 Å². The maximum Gasteiger partial charge on any atom is 0.123 e. The molecule has 0 spiro atoms. The van der Waals surface area contributed by atoms with Crippen LogP contribution in [0.3, 0.4) is 0 Å². The summed E-state index contributed by atoms with van der Waals surface area (Å²) in [6.45, 7) is 4.18. The molecule has 1 aliphatic rings. The summed E-state index contributed by atoms with van der Waals surface area (Å²) >= 11 is 7.16. The van der Waals surface area contributed by atoms with Crippen molar-refractivity contribution >= 4 is 31.9 Å². The van der Waals surface area contributed by atoms with Gasteiger partial charge in [-0.1, -0.05) is 44.0 Å². The highest BCUT2D eigenvalue weighted by Gasteiger charge is 2.53. The molecule has 2 nitrogen and oxygen atoms in total. The van der Waals surface area contributed by atoms with Gasteiger partial charge in [0.25, 0.3) is 0 Å². The lowest BCUT2D eigenvalue weighted by Crippen LogP contribution is -2.50. The van der Waals surface area contributed by atoms with Crippen LogP contribution in [-0.2, 0) is 20.7 Å². The van der Waals surface area contributed by atoms with Gasteiger partial charge >= 0.3 is 0 Å². The Morgan fingerprint density at radius 3 is 1.41 bits per heavy atom. The van der Waals surface area contributed by atoms with Crippen molar-refractivity contribution in [3.63, 3.8) is 0 Å². The Hall–Kier alpha value is -0.680. The third-order valence-corrected chi connectivity index (χ3v) is 5.99. The minimum Gasteiger partial charge on any atom is -0.370 e. The summed E-state index contributed by atoms with van der Waals surface area (Å²) in [7, 11) is 3.48. The molecule has 0 saturated carbocycles. The standard InChI is InChI=1S/C18H18Br2O2/c1-17(21-3)15-9-11(19)5-7-13(15)14-8-6-12(20)10-16(14)18(17,2)22-4/h5-10H,1-4H3. The Labute approximate surface area is 148 Å². The molecule has 0 heterocycles. The van der Waals surface area contributed by atoms with E-state index in [0.29, 0.717) is 0 Å². The lowest BCUT2D eigenvalue weighted by molar-refractivity contribution is -0.181. The molecule has 0 saturated heterocycles. The van der Waals surface area contributed by atoms with Gasteiger partial charge in [0, 0.05) is 23.2 Å². The average molecular weight is 426 g/mol. The summed E-state index contributed by atoms with van der Waals surface area (Å²) < 4.78 is 14.1. The molecule has 4 heteroatoms. The third-order valence-electron chi connectivity index (χ3n) is 5.01. The zero-order valence-electron chi connectivity index (χ0n) is 13.0. The van der Waals surface area contributed by atoms with E-state index in [1.54, 1.807) is 14.2 Å². The highest BCUT2D eigenvalue weighted by molar-refractivity contribution is 9.10. The molecule has 0 aliphatic heterocycles. The Morgan fingerprint density at radius 2 is 1.09 bits per heavy atom. The van der Waals surface area contributed by atoms with Crippen molar-refractivity contribution < 1.29 is 9.47 Å². The second-order valence-electron chi connectivity index (χ2n) is 5.85. The van der Waals surface area contributed by atoms with E-state index in [1.165, 1.54) is 11.1 Å². The van der Waals surface area contributed by atoms with E-state index in [9.17, 15) is 0 Å². The summed E-state index contributed by atoms with van der Waals surface area (Å²) in [5, 5.41) is 0. The minimum absolute atomic E-state index is 0.589. The van der Waals surface area contributed by atoms with E-state index in [2.05, 4.69) is 82.1 Å². The number of ether oxygens (including phenoxy) is 2. The molecule has 22 heavy (non-hydrogen) atoms. The van der Waals surface area contributed by atoms with Crippen molar-refractivity contribution in [1.29, 1.82) is 0 Å². The molecule has 116 valence electrons. The highest BCUT2D eigenvalue weighted by Crippen LogP contribution is 2.55. The molecule has 3 rings (SSSR count). The summed E-state index contributed by atoms with van der Waals surface area (Å²) in [5.41, 5.74) is 3.45. The zero-order chi connectivity index (χ0) is 16.1. The Morgan fingerprint density at radius 1 is 0.727 bits per heavy atom. The van der Waals surface area contributed by atoms with Gasteiger partial charge in [-0.2, -0.15) is 0 Å². The van der Waals surface area contributed by atoms with E-state index in [0.717, 1.165) is 20.1 Å². The first kappa shape index (κ1) is 16.2. The number of halogens is 2. The fourth-order valence-corrected chi connectivity index (χ4v) is 4.14. The van der Waals surface area contributed by atoms with Crippen molar-refractivity contribution in [2.75, 3.05) is 14.2 Å². The molecule has 0 radical (unpaired) electrons. The lowest BCUT2D eigenvalue weighted by atomic mass is 9.67. The van der Waals surface area contributed by atoms with Crippen molar-refractivity contribution in [2.24, 2.45) is 0 Å². The Balaban J connectivity index is 2.44. The third kappa shape index (κ3) is 2.04. The van der Waals surface area contributed by atoms with Gasteiger partial charge < -0.3 is 9.47 Å². The Bertz CT molecular complexity index is 680. The van der Waals surface area contributed by atoms with Crippen LogP contribution in [0.15, 0.2) is 45.3 Å². The summed E-state index contributed by atoms with van der Waals surface area (Å²) in [6.07, 6.45) is 0. The van der Waals surface area contributed by atoms with Crippen LogP contribution >= 0.6 is 31.9 Å². The van der Waals surface area contributed by atoms with E-state index in [4.69, 9.17) is 9.47 Å². The summed E-state index contributed by atoms with van der Waals surface area (Å²) in [4.78, 5) is 0. The molecule has 2 aromatic carbocycles. The minimum atomic E-state index is -0.589. The molecule has 2 unspecified atom stereocenters. The molecule has 1 aliphatic carbocycles. The van der Waals surface area contributed by atoms with Crippen LogP contribution in [0.5, 0.6) is 0 Å². The van der Waals surface area contributed by atoms with Gasteiger partial charge in [0.2, 0.25) is 0 Å². The van der Waals surface area contributed by atoms with E-state index >= 15 is 0 Å².